The molecule has 1 aliphatic heterocycles. The van der Waals surface area contributed by atoms with Crippen molar-refractivity contribution in [1.82, 2.24) is 4.90 Å². The minimum absolute atomic E-state index is 0.633. The summed E-state index contributed by atoms with van der Waals surface area (Å²) in [7, 11) is 1.75. The highest BCUT2D eigenvalue weighted by atomic mass is 16.5. The van der Waals surface area contributed by atoms with Gasteiger partial charge in [-0.2, -0.15) is 0 Å². The Labute approximate surface area is 110 Å². The molecule has 0 bridgehead atoms. The van der Waals surface area contributed by atoms with Gasteiger partial charge in [0.05, 0.1) is 6.61 Å². The van der Waals surface area contributed by atoms with E-state index in [1.54, 1.807) is 7.11 Å². The predicted molar refractivity (Wildman–Crippen MR) is 74.2 cm³/mol. The van der Waals surface area contributed by atoms with Gasteiger partial charge in [-0.05, 0) is 36.9 Å². The van der Waals surface area contributed by atoms with Crippen LogP contribution in [0.15, 0.2) is 24.3 Å². The van der Waals surface area contributed by atoms with Crippen LogP contribution in [-0.2, 0) is 17.9 Å². The van der Waals surface area contributed by atoms with Crippen LogP contribution in [0.25, 0.3) is 0 Å². The van der Waals surface area contributed by atoms with Crippen molar-refractivity contribution in [2.24, 2.45) is 11.7 Å². The summed E-state index contributed by atoms with van der Waals surface area (Å²) in [6, 6.07) is 9.18. The number of nitrogens with two attached hydrogens (primary N) is 1. The second-order valence-electron chi connectivity index (χ2n) is 5.32. The van der Waals surface area contributed by atoms with E-state index in [9.17, 15) is 0 Å². The molecule has 2 unspecified atom stereocenters. The molecule has 0 spiro atoms. The van der Waals surface area contributed by atoms with Crippen LogP contribution in [0, 0.1) is 5.92 Å². The van der Waals surface area contributed by atoms with E-state index in [1.165, 1.54) is 17.5 Å². The van der Waals surface area contributed by atoms with Crippen molar-refractivity contribution in [3.05, 3.63) is 35.4 Å². The molecule has 2 rings (SSSR count). The molecule has 18 heavy (non-hydrogen) atoms. The summed E-state index contributed by atoms with van der Waals surface area (Å²) in [5, 5.41) is 0. The summed E-state index contributed by atoms with van der Waals surface area (Å²) >= 11 is 0. The Morgan fingerprint density at radius 2 is 2.06 bits per heavy atom. The molecule has 1 aromatic carbocycles. The Hall–Kier alpha value is -0.900. The van der Waals surface area contributed by atoms with Gasteiger partial charge >= 0.3 is 0 Å². The summed E-state index contributed by atoms with van der Waals surface area (Å²) in [5.41, 5.74) is 8.46. The lowest BCUT2D eigenvalue weighted by Gasteiger charge is -2.22. The largest absolute Gasteiger partial charge is 0.380 e. The second kappa shape index (κ2) is 6.32. The molecule has 1 aliphatic rings. The number of rotatable bonds is 5. The maximum absolute atomic E-state index is 5.78. The van der Waals surface area contributed by atoms with E-state index in [-0.39, 0.29) is 0 Å². The Bertz CT molecular complexity index is 381. The van der Waals surface area contributed by atoms with E-state index in [1.807, 2.05) is 0 Å². The average Bonchev–Trinajstić information content (AvgIpc) is 2.73. The molecule has 0 radical (unpaired) electrons. The molecular formula is C15H24N2O. The van der Waals surface area contributed by atoms with E-state index >= 15 is 0 Å². The standard InChI is InChI=1S/C15H24N2O/c1-12-7-13(8-16)9-17(12)10-14-5-3-4-6-15(14)11-18-2/h3-6,12-13H,7-11,16H2,1-2H3. The molecular weight excluding hydrogens is 224 g/mol. The van der Waals surface area contributed by atoms with Gasteiger partial charge in [0.1, 0.15) is 0 Å². The third-order valence-corrected chi connectivity index (χ3v) is 3.92. The van der Waals surface area contributed by atoms with Crippen LogP contribution in [0.4, 0.5) is 0 Å². The van der Waals surface area contributed by atoms with Gasteiger partial charge < -0.3 is 10.5 Å². The Balaban J connectivity index is 2.05. The first-order valence-electron chi connectivity index (χ1n) is 6.74. The van der Waals surface area contributed by atoms with Crippen LogP contribution in [0.5, 0.6) is 0 Å². The Kier molecular flexibility index (Phi) is 4.75. The molecule has 0 amide bonds. The third-order valence-electron chi connectivity index (χ3n) is 3.92. The minimum atomic E-state index is 0.633. The molecule has 0 aromatic heterocycles. The fourth-order valence-electron chi connectivity index (χ4n) is 2.84. The molecule has 1 fully saturated rings. The molecule has 1 saturated heterocycles. The number of hydrogen-bond acceptors (Lipinski definition) is 3. The summed E-state index contributed by atoms with van der Waals surface area (Å²) in [5.74, 6) is 0.662. The van der Waals surface area contributed by atoms with Crippen molar-refractivity contribution in [3.8, 4) is 0 Å². The maximum atomic E-state index is 5.78. The van der Waals surface area contributed by atoms with Gasteiger partial charge in [-0.25, -0.2) is 0 Å². The number of nitrogens with zero attached hydrogens (tertiary/aromatic N) is 1. The first kappa shape index (κ1) is 13.5. The number of ether oxygens (including phenoxy) is 1. The SMILES string of the molecule is COCc1ccccc1CN1CC(CN)CC1C. The minimum Gasteiger partial charge on any atom is -0.380 e. The molecule has 2 atom stereocenters. The highest BCUT2D eigenvalue weighted by Gasteiger charge is 2.28. The van der Waals surface area contributed by atoms with Gasteiger partial charge in [-0.15, -0.1) is 0 Å². The number of likely N-dealkylation sites (tertiary alicyclic amines) is 1. The van der Waals surface area contributed by atoms with E-state index in [0.29, 0.717) is 18.6 Å². The molecule has 0 aliphatic carbocycles. The van der Waals surface area contributed by atoms with E-state index in [4.69, 9.17) is 10.5 Å². The number of hydrogen-bond donors (Lipinski definition) is 1. The quantitative estimate of drug-likeness (QED) is 0.866. The van der Waals surface area contributed by atoms with E-state index in [2.05, 4.69) is 36.1 Å². The zero-order valence-electron chi connectivity index (χ0n) is 11.4. The van der Waals surface area contributed by atoms with Gasteiger partial charge in [0.2, 0.25) is 0 Å². The molecule has 2 N–H and O–H groups in total. The Morgan fingerprint density at radius 3 is 2.67 bits per heavy atom. The second-order valence-corrected chi connectivity index (χ2v) is 5.32. The topological polar surface area (TPSA) is 38.5 Å². The molecule has 3 nitrogen and oxygen atoms in total. The predicted octanol–water partition coefficient (Wildman–Crippen LogP) is 2.00. The Morgan fingerprint density at radius 1 is 1.33 bits per heavy atom. The highest BCUT2D eigenvalue weighted by molar-refractivity contribution is 5.26. The zero-order valence-corrected chi connectivity index (χ0v) is 11.4. The third kappa shape index (κ3) is 3.10. The van der Waals surface area contributed by atoms with Crippen molar-refractivity contribution < 1.29 is 4.74 Å². The van der Waals surface area contributed by atoms with Gasteiger partial charge in [0, 0.05) is 26.2 Å². The molecule has 100 valence electrons. The molecule has 3 heteroatoms. The van der Waals surface area contributed by atoms with Crippen LogP contribution in [-0.4, -0.2) is 31.1 Å². The van der Waals surface area contributed by atoms with Gasteiger partial charge in [0.15, 0.2) is 0 Å². The molecule has 0 saturated carbocycles. The number of benzene rings is 1. The van der Waals surface area contributed by atoms with Crippen molar-refractivity contribution >= 4 is 0 Å². The fourth-order valence-corrected chi connectivity index (χ4v) is 2.84. The lowest BCUT2D eigenvalue weighted by atomic mass is 10.1. The zero-order chi connectivity index (χ0) is 13.0. The molecule has 1 heterocycles. The van der Waals surface area contributed by atoms with Gasteiger partial charge in [-0.1, -0.05) is 24.3 Å². The first-order valence-corrected chi connectivity index (χ1v) is 6.74. The maximum Gasteiger partial charge on any atom is 0.0716 e. The van der Waals surface area contributed by atoms with Crippen molar-refractivity contribution in [2.75, 3.05) is 20.2 Å². The smallest absolute Gasteiger partial charge is 0.0716 e. The fraction of sp³-hybridized carbons (Fsp3) is 0.600. The molecule has 1 aromatic rings. The summed E-state index contributed by atoms with van der Waals surface area (Å²) in [4.78, 5) is 2.53. The van der Waals surface area contributed by atoms with E-state index < -0.39 is 0 Å². The summed E-state index contributed by atoms with van der Waals surface area (Å²) in [6.45, 7) is 5.93. The van der Waals surface area contributed by atoms with Crippen LogP contribution in [0.1, 0.15) is 24.5 Å². The lowest BCUT2D eigenvalue weighted by Crippen LogP contribution is -2.27. The first-order chi connectivity index (χ1) is 8.74. The lowest BCUT2D eigenvalue weighted by molar-refractivity contribution is 0.181. The van der Waals surface area contributed by atoms with Crippen molar-refractivity contribution in [3.63, 3.8) is 0 Å². The average molecular weight is 248 g/mol. The van der Waals surface area contributed by atoms with Crippen molar-refractivity contribution in [1.29, 1.82) is 0 Å². The van der Waals surface area contributed by atoms with Crippen LogP contribution in [0.3, 0.4) is 0 Å². The summed E-state index contributed by atoms with van der Waals surface area (Å²) in [6.07, 6.45) is 1.23. The van der Waals surface area contributed by atoms with Gasteiger partial charge in [0.25, 0.3) is 0 Å². The van der Waals surface area contributed by atoms with E-state index in [0.717, 1.165) is 19.6 Å². The van der Waals surface area contributed by atoms with Gasteiger partial charge in [-0.3, -0.25) is 4.90 Å². The van der Waals surface area contributed by atoms with Crippen LogP contribution < -0.4 is 5.73 Å². The highest BCUT2D eigenvalue weighted by Crippen LogP contribution is 2.25. The monoisotopic (exact) mass is 248 g/mol. The van der Waals surface area contributed by atoms with Crippen molar-refractivity contribution in [2.45, 2.75) is 32.5 Å². The normalized spacial score (nSPS) is 24.6. The summed E-state index contributed by atoms with van der Waals surface area (Å²) < 4.78 is 5.26. The van der Waals surface area contributed by atoms with Crippen LogP contribution in [0.2, 0.25) is 0 Å². The van der Waals surface area contributed by atoms with Crippen LogP contribution >= 0.6 is 0 Å². The number of methoxy groups -OCH3 is 1.